The van der Waals surface area contributed by atoms with Crippen molar-refractivity contribution in [1.29, 1.82) is 0 Å². The van der Waals surface area contributed by atoms with Gasteiger partial charge in [-0.3, -0.25) is 25.0 Å². The Labute approximate surface area is 192 Å². The zero-order valence-electron chi connectivity index (χ0n) is 16.7. The second-order valence-electron chi connectivity index (χ2n) is 6.69. The molecule has 0 aliphatic rings. The van der Waals surface area contributed by atoms with Crippen molar-refractivity contribution in [2.45, 2.75) is 12.6 Å². The van der Waals surface area contributed by atoms with Crippen LogP contribution in [-0.2, 0) is 17.4 Å². The zero-order chi connectivity index (χ0) is 25.0. The topological polar surface area (TPSA) is 141 Å². The van der Waals surface area contributed by atoms with Crippen molar-refractivity contribution < 1.29 is 32.2 Å². The van der Waals surface area contributed by atoms with E-state index >= 15 is 0 Å². The Morgan fingerprint density at radius 3 is 2.44 bits per heavy atom. The zero-order valence-corrected chi connectivity index (χ0v) is 17.5. The summed E-state index contributed by atoms with van der Waals surface area (Å²) in [5, 5.41) is 25.6. The first kappa shape index (κ1) is 24.4. The van der Waals surface area contributed by atoms with Crippen LogP contribution in [0.3, 0.4) is 0 Å². The Balaban J connectivity index is 1.67. The first-order chi connectivity index (χ1) is 16.0. The average molecular weight is 497 g/mol. The van der Waals surface area contributed by atoms with Crippen LogP contribution in [0.5, 0.6) is 0 Å². The second-order valence-corrected chi connectivity index (χ2v) is 7.10. The Hall–Kier alpha value is -4.26. The molecule has 14 heteroatoms. The van der Waals surface area contributed by atoms with Gasteiger partial charge in [-0.15, -0.1) is 0 Å². The van der Waals surface area contributed by atoms with Crippen molar-refractivity contribution >= 4 is 35.1 Å². The molecule has 1 amide bonds. The van der Waals surface area contributed by atoms with Crippen molar-refractivity contribution in [3.8, 4) is 11.3 Å². The number of nitro benzene ring substituents is 2. The minimum absolute atomic E-state index is 0.0819. The summed E-state index contributed by atoms with van der Waals surface area (Å²) in [5.74, 6) is -0.373. The van der Waals surface area contributed by atoms with Crippen LogP contribution in [0.15, 0.2) is 58.0 Å². The van der Waals surface area contributed by atoms with E-state index in [4.69, 9.17) is 16.0 Å². The lowest BCUT2D eigenvalue weighted by atomic mass is 10.1. The Kier molecular flexibility index (Phi) is 6.96. The molecule has 3 aromatic rings. The maximum absolute atomic E-state index is 12.8. The maximum Gasteiger partial charge on any atom is 0.416 e. The van der Waals surface area contributed by atoms with Gasteiger partial charge >= 0.3 is 6.18 Å². The molecule has 1 N–H and O–H groups in total. The Bertz CT molecular complexity index is 1310. The van der Waals surface area contributed by atoms with Crippen LogP contribution in [0, 0.1) is 20.2 Å². The van der Waals surface area contributed by atoms with Gasteiger partial charge in [0.05, 0.1) is 33.1 Å². The lowest BCUT2D eigenvalue weighted by Gasteiger charge is -2.08. The van der Waals surface area contributed by atoms with Crippen LogP contribution in [0.1, 0.15) is 16.9 Å². The van der Waals surface area contributed by atoms with E-state index in [1.807, 2.05) is 0 Å². The van der Waals surface area contributed by atoms with Gasteiger partial charge in [0, 0.05) is 29.3 Å². The molecule has 1 aromatic heterocycles. The van der Waals surface area contributed by atoms with E-state index in [2.05, 4.69) is 10.5 Å². The van der Waals surface area contributed by atoms with Gasteiger partial charge in [0.2, 0.25) is 5.91 Å². The third-order valence-corrected chi connectivity index (χ3v) is 4.71. The number of hydrogen-bond acceptors (Lipinski definition) is 7. The van der Waals surface area contributed by atoms with Gasteiger partial charge in [0.15, 0.2) is 0 Å². The highest BCUT2D eigenvalue weighted by Gasteiger charge is 2.33. The molecular formula is C20H12ClF3N4O6. The quantitative estimate of drug-likeness (QED) is 0.273. The van der Waals surface area contributed by atoms with Gasteiger partial charge in [0.25, 0.3) is 11.4 Å². The number of halogens is 4. The summed E-state index contributed by atoms with van der Waals surface area (Å²) in [4.78, 5) is 32.3. The van der Waals surface area contributed by atoms with E-state index in [1.54, 1.807) is 0 Å². The van der Waals surface area contributed by atoms with Crippen molar-refractivity contribution in [3.63, 3.8) is 0 Å². The van der Waals surface area contributed by atoms with Gasteiger partial charge in [-0.1, -0.05) is 17.7 Å². The summed E-state index contributed by atoms with van der Waals surface area (Å²) in [5.41, 5.74) is 0.00783. The monoisotopic (exact) mass is 496 g/mol. The first-order valence-electron chi connectivity index (χ1n) is 9.16. The summed E-state index contributed by atoms with van der Waals surface area (Å²) in [6, 6.07) is 8.67. The van der Waals surface area contributed by atoms with E-state index in [1.165, 1.54) is 24.3 Å². The van der Waals surface area contributed by atoms with E-state index in [-0.39, 0.29) is 27.8 Å². The summed E-state index contributed by atoms with van der Waals surface area (Å²) in [6.07, 6.45) is -4.24. The summed E-state index contributed by atoms with van der Waals surface area (Å²) < 4.78 is 43.8. The number of nitro groups is 2. The van der Waals surface area contributed by atoms with Gasteiger partial charge in [-0.05, 0) is 24.3 Å². The molecule has 1 heterocycles. The molecule has 0 spiro atoms. The average Bonchev–Trinajstić information content (AvgIpc) is 3.21. The smallest absolute Gasteiger partial charge is 0.416 e. The van der Waals surface area contributed by atoms with E-state index in [0.29, 0.717) is 17.7 Å². The molecule has 0 fully saturated rings. The van der Waals surface area contributed by atoms with Gasteiger partial charge < -0.3 is 4.42 Å². The Morgan fingerprint density at radius 1 is 1.09 bits per heavy atom. The predicted octanol–water partition coefficient (Wildman–Crippen LogP) is 5.13. The molecule has 0 aliphatic carbocycles. The predicted molar refractivity (Wildman–Crippen MR) is 113 cm³/mol. The molecule has 10 nitrogen and oxygen atoms in total. The molecule has 2 aromatic carbocycles. The molecule has 3 rings (SSSR count). The highest BCUT2D eigenvalue weighted by Crippen LogP contribution is 2.33. The summed E-state index contributed by atoms with van der Waals surface area (Å²) >= 11 is 6.04. The number of alkyl halides is 3. The van der Waals surface area contributed by atoms with E-state index < -0.39 is 39.6 Å². The van der Waals surface area contributed by atoms with Crippen molar-refractivity contribution in [1.82, 2.24) is 5.43 Å². The molecule has 0 radical (unpaired) electrons. The minimum Gasteiger partial charge on any atom is -0.455 e. The number of nitrogens with one attached hydrogen (secondary N) is 1. The molecule has 176 valence electrons. The highest BCUT2D eigenvalue weighted by atomic mass is 35.5. The number of hydrogen-bond donors (Lipinski definition) is 1. The van der Waals surface area contributed by atoms with Crippen LogP contribution in [0.4, 0.5) is 24.5 Å². The number of carbonyl (C=O) groups excluding carboxylic acids is 1. The molecule has 0 aliphatic heterocycles. The number of benzene rings is 2. The minimum atomic E-state index is -4.77. The fourth-order valence-corrected chi connectivity index (χ4v) is 3.09. The number of carbonyl (C=O) groups is 1. The largest absolute Gasteiger partial charge is 0.455 e. The molecule has 0 unspecified atom stereocenters. The number of hydrazone groups is 1. The van der Waals surface area contributed by atoms with Gasteiger partial charge in [-0.2, -0.15) is 18.3 Å². The number of rotatable bonds is 7. The van der Waals surface area contributed by atoms with Crippen LogP contribution in [0.25, 0.3) is 11.3 Å². The van der Waals surface area contributed by atoms with Crippen molar-refractivity contribution in [2.75, 3.05) is 0 Å². The lowest BCUT2D eigenvalue weighted by molar-refractivity contribution is -0.385. The van der Waals surface area contributed by atoms with Crippen molar-refractivity contribution in [3.05, 3.63) is 90.7 Å². The van der Waals surface area contributed by atoms with E-state index in [9.17, 15) is 38.2 Å². The highest BCUT2D eigenvalue weighted by molar-refractivity contribution is 6.33. The number of furan rings is 1. The standard InChI is InChI=1S/C20H12ClF3N4O6/c21-16-9-13(27(30)31)3-5-15(16)18-6-4-14(34-18)10-25-26-19(29)7-11-1-2-12(20(22,23)24)8-17(11)28(32)33/h1-6,8-10H,7H2,(H,26,29)/b25-10-. The molecular weight excluding hydrogens is 485 g/mol. The van der Waals surface area contributed by atoms with Gasteiger partial charge in [0.1, 0.15) is 11.5 Å². The number of amides is 1. The first-order valence-corrected chi connectivity index (χ1v) is 9.54. The lowest BCUT2D eigenvalue weighted by Crippen LogP contribution is -2.20. The van der Waals surface area contributed by atoms with Gasteiger partial charge in [-0.25, -0.2) is 5.43 Å². The fourth-order valence-electron chi connectivity index (χ4n) is 2.82. The SMILES string of the molecule is O=C(Cc1ccc(C(F)(F)F)cc1[N+](=O)[O-])N/N=C\c1ccc(-c2ccc([N+](=O)[O-])cc2Cl)o1. The fraction of sp³-hybridized carbons (Fsp3) is 0.100. The van der Waals surface area contributed by atoms with E-state index in [0.717, 1.165) is 18.3 Å². The molecule has 34 heavy (non-hydrogen) atoms. The van der Waals surface area contributed by atoms with Crippen LogP contribution >= 0.6 is 11.6 Å². The third-order valence-electron chi connectivity index (χ3n) is 4.40. The second kappa shape index (κ2) is 9.70. The van der Waals surface area contributed by atoms with Crippen LogP contribution in [-0.4, -0.2) is 22.0 Å². The molecule has 0 saturated carbocycles. The molecule has 0 bridgehead atoms. The molecule has 0 saturated heterocycles. The third kappa shape index (κ3) is 5.75. The normalized spacial score (nSPS) is 11.5. The number of nitrogens with zero attached hydrogens (tertiary/aromatic N) is 3. The molecule has 0 atom stereocenters. The number of non-ortho nitro benzene ring substituents is 1. The Morgan fingerprint density at radius 2 is 1.82 bits per heavy atom. The summed E-state index contributed by atoms with van der Waals surface area (Å²) in [6.45, 7) is 0. The maximum atomic E-state index is 12.8. The summed E-state index contributed by atoms with van der Waals surface area (Å²) in [7, 11) is 0. The van der Waals surface area contributed by atoms with Crippen molar-refractivity contribution in [2.24, 2.45) is 5.10 Å². The van der Waals surface area contributed by atoms with Crippen LogP contribution < -0.4 is 5.43 Å². The van der Waals surface area contributed by atoms with Crippen LogP contribution in [0.2, 0.25) is 5.02 Å².